The number of nitrogen functional groups attached to an aromatic ring is 1. The van der Waals surface area contributed by atoms with Crippen molar-refractivity contribution in [3.63, 3.8) is 0 Å². The number of halogens is 2. The zero-order valence-electron chi connectivity index (χ0n) is 11.4. The summed E-state index contributed by atoms with van der Waals surface area (Å²) in [6.07, 6.45) is 0. The Morgan fingerprint density at radius 2 is 1.76 bits per heavy atom. The van der Waals surface area contributed by atoms with Crippen molar-refractivity contribution in [1.82, 2.24) is 0 Å². The van der Waals surface area contributed by atoms with Gasteiger partial charge in [-0.1, -0.05) is 17.7 Å². The van der Waals surface area contributed by atoms with E-state index in [2.05, 4.69) is 15.9 Å². The van der Waals surface area contributed by atoms with Crippen LogP contribution in [0.1, 0.15) is 15.9 Å². The van der Waals surface area contributed by atoms with Crippen molar-refractivity contribution >= 4 is 39.0 Å². The van der Waals surface area contributed by atoms with Crippen LogP contribution < -0.4 is 15.2 Å². The van der Waals surface area contributed by atoms with E-state index in [1.807, 2.05) is 0 Å². The molecule has 0 aromatic heterocycles. The molecule has 6 heteroatoms. The topological polar surface area (TPSA) is 61.5 Å². The number of ether oxygens (including phenoxy) is 2. The first kappa shape index (κ1) is 15.7. The molecule has 0 atom stereocenters. The lowest BCUT2D eigenvalue weighted by Gasteiger charge is -2.12. The third kappa shape index (κ3) is 2.99. The molecule has 0 aliphatic carbocycles. The van der Waals surface area contributed by atoms with Gasteiger partial charge < -0.3 is 15.2 Å². The molecule has 2 aromatic carbocycles. The van der Waals surface area contributed by atoms with Crippen LogP contribution in [0.25, 0.3) is 0 Å². The summed E-state index contributed by atoms with van der Waals surface area (Å²) in [6, 6.07) is 8.20. The van der Waals surface area contributed by atoms with E-state index < -0.39 is 0 Å². The smallest absolute Gasteiger partial charge is 0.195 e. The van der Waals surface area contributed by atoms with Crippen molar-refractivity contribution in [2.45, 2.75) is 0 Å². The van der Waals surface area contributed by atoms with Gasteiger partial charge in [0.25, 0.3) is 0 Å². The summed E-state index contributed by atoms with van der Waals surface area (Å²) in [6.45, 7) is 0. The highest BCUT2D eigenvalue weighted by Crippen LogP contribution is 2.35. The predicted molar refractivity (Wildman–Crippen MR) is 86.5 cm³/mol. The van der Waals surface area contributed by atoms with E-state index in [9.17, 15) is 4.79 Å². The molecule has 110 valence electrons. The Hall–Kier alpha value is -1.72. The first-order valence-electron chi connectivity index (χ1n) is 5.99. The minimum atomic E-state index is -0.250. The number of hydrogen-bond donors (Lipinski definition) is 1. The molecule has 2 N–H and O–H groups in total. The Kier molecular flexibility index (Phi) is 4.75. The van der Waals surface area contributed by atoms with Gasteiger partial charge >= 0.3 is 0 Å². The predicted octanol–water partition coefficient (Wildman–Crippen LogP) is 3.93. The van der Waals surface area contributed by atoms with E-state index in [4.69, 9.17) is 26.8 Å². The van der Waals surface area contributed by atoms with Crippen LogP contribution in [0.3, 0.4) is 0 Å². The number of methoxy groups -OCH3 is 2. The molecule has 0 unspecified atom stereocenters. The molecule has 2 rings (SSSR count). The molecule has 2 aromatic rings. The van der Waals surface area contributed by atoms with Gasteiger partial charge in [0.1, 0.15) is 0 Å². The number of anilines is 1. The molecular weight excluding hydrogens is 358 g/mol. The number of carbonyl (C=O) groups excluding carboxylic acids is 1. The monoisotopic (exact) mass is 369 g/mol. The summed E-state index contributed by atoms with van der Waals surface area (Å²) in [5.41, 5.74) is 7.04. The van der Waals surface area contributed by atoms with E-state index in [0.717, 1.165) is 0 Å². The van der Waals surface area contributed by atoms with Crippen LogP contribution in [0.15, 0.2) is 34.8 Å². The molecule has 0 fully saturated rings. The number of hydrogen-bond acceptors (Lipinski definition) is 4. The fourth-order valence-electron chi connectivity index (χ4n) is 1.90. The minimum absolute atomic E-state index is 0.250. The highest BCUT2D eigenvalue weighted by Gasteiger charge is 2.19. The molecular formula is C15H13BrClNO3. The van der Waals surface area contributed by atoms with Crippen molar-refractivity contribution in [3.8, 4) is 11.5 Å². The fourth-order valence-corrected chi connectivity index (χ4v) is 2.58. The lowest BCUT2D eigenvalue weighted by Crippen LogP contribution is -2.06. The Morgan fingerprint density at radius 3 is 2.38 bits per heavy atom. The first-order valence-corrected chi connectivity index (χ1v) is 7.17. The standard InChI is InChI=1S/C15H13BrClNO3/c1-20-12-6-9(10(17)7-13(12)21-2)15(19)8-4-3-5-11(18)14(8)16/h3-7H,18H2,1-2H3. The van der Waals surface area contributed by atoms with Crippen molar-refractivity contribution in [2.75, 3.05) is 20.0 Å². The normalized spacial score (nSPS) is 10.3. The van der Waals surface area contributed by atoms with Crippen LogP contribution in [-0.2, 0) is 0 Å². The van der Waals surface area contributed by atoms with Crippen LogP contribution in [0.4, 0.5) is 5.69 Å². The summed E-state index contributed by atoms with van der Waals surface area (Å²) in [5.74, 6) is 0.649. The lowest BCUT2D eigenvalue weighted by molar-refractivity contribution is 0.103. The Balaban J connectivity index is 2.56. The summed E-state index contributed by atoms with van der Waals surface area (Å²) < 4.78 is 10.9. The first-order chi connectivity index (χ1) is 9.99. The van der Waals surface area contributed by atoms with Gasteiger partial charge in [-0.25, -0.2) is 0 Å². The second-order valence-corrected chi connectivity index (χ2v) is 5.43. The van der Waals surface area contributed by atoms with E-state index in [1.54, 1.807) is 30.3 Å². The molecule has 21 heavy (non-hydrogen) atoms. The van der Waals surface area contributed by atoms with Crippen molar-refractivity contribution in [1.29, 1.82) is 0 Å². The van der Waals surface area contributed by atoms with Gasteiger partial charge in [0.2, 0.25) is 0 Å². The summed E-state index contributed by atoms with van der Waals surface area (Å²) in [7, 11) is 3.00. The van der Waals surface area contributed by atoms with Gasteiger partial charge in [0.05, 0.1) is 23.7 Å². The largest absolute Gasteiger partial charge is 0.493 e. The lowest BCUT2D eigenvalue weighted by atomic mass is 10.0. The fraction of sp³-hybridized carbons (Fsp3) is 0.133. The average molecular weight is 371 g/mol. The number of rotatable bonds is 4. The highest BCUT2D eigenvalue weighted by atomic mass is 79.9. The number of benzene rings is 2. The van der Waals surface area contributed by atoms with Crippen LogP contribution in [-0.4, -0.2) is 20.0 Å². The van der Waals surface area contributed by atoms with Crippen LogP contribution in [0.2, 0.25) is 5.02 Å². The second kappa shape index (κ2) is 6.37. The minimum Gasteiger partial charge on any atom is -0.493 e. The van der Waals surface area contributed by atoms with E-state index >= 15 is 0 Å². The molecule has 0 spiro atoms. The molecule has 4 nitrogen and oxygen atoms in total. The number of nitrogens with two attached hydrogens (primary N) is 1. The van der Waals surface area contributed by atoms with Gasteiger partial charge in [-0.3, -0.25) is 4.79 Å². The quantitative estimate of drug-likeness (QED) is 0.654. The van der Waals surface area contributed by atoms with Crippen LogP contribution in [0.5, 0.6) is 11.5 Å². The van der Waals surface area contributed by atoms with Crippen molar-refractivity contribution < 1.29 is 14.3 Å². The SMILES string of the molecule is COc1cc(Cl)c(C(=O)c2cccc(N)c2Br)cc1OC. The summed E-state index contributed by atoms with van der Waals surface area (Å²) >= 11 is 9.49. The van der Waals surface area contributed by atoms with Gasteiger partial charge in [-0.2, -0.15) is 0 Å². The molecule has 0 amide bonds. The van der Waals surface area contributed by atoms with Crippen LogP contribution >= 0.6 is 27.5 Å². The molecule has 0 aliphatic heterocycles. The molecule has 0 radical (unpaired) electrons. The number of ketones is 1. The average Bonchev–Trinajstić information content (AvgIpc) is 2.49. The highest BCUT2D eigenvalue weighted by molar-refractivity contribution is 9.10. The Labute approximate surface area is 135 Å². The van der Waals surface area contributed by atoms with Gasteiger partial charge in [0, 0.05) is 22.9 Å². The van der Waals surface area contributed by atoms with E-state index in [1.165, 1.54) is 14.2 Å². The summed E-state index contributed by atoms with van der Waals surface area (Å²) in [5, 5.41) is 0.284. The number of carbonyl (C=O) groups is 1. The zero-order valence-corrected chi connectivity index (χ0v) is 13.8. The maximum absolute atomic E-state index is 12.6. The van der Waals surface area contributed by atoms with E-state index in [0.29, 0.717) is 32.8 Å². The van der Waals surface area contributed by atoms with Gasteiger partial charge in [-0.15, -0.1) is 0 Å². The Morgan fingerprint density at radius 1 is 1.14 bits per heavy atom. The molecule has 0 saturated carbocycles. The van der Waals surface area contributed by atoms with Gasteiger partial charge in [-0.05, 0) is 34.1 Å². The maximum atomic E-state index is 12.6. The van der Waals surface area contributed by atoms with Crippen LogP contribution in [0, 0.1) is 0 Å². The maximum Gasteiger partial charge on any atom is 0.195 e. The van der Waals surface area contributed by atoms with Crippen molar-refractivity contribution in [3.05, 3.63) is 51.0 Å². The molecule has 0 aliphatic rings. The third-order valence-electron chi connectivity index (χ3n) is 2.99. The van der Waals surface area contributed by atoms with E-state index in [-0.39, 0.29) is 10.8 Å². The summed E-state index contributed by atoms with van der Waals surface area (Å²) in [4.78, 5) is 12.6. The molecule has 0 heterocycles. The third-order valence-corrected chi connectivity index (χ3v) is 4.19. The molecule has 0 saturated heterocycles. The van der Waals surface area contributed by atoms with Gasteiger partial charge in [0.15, 0.2) is 17.3 Å². The Bertz CT molecular complexity index is 704. The second-order valence-electron chi connectivity index (χ2n) is 4.22. The zero-order chi connectivity index (χ0) is 15.6. The molecule has 0 bridgehead atoms. The van der Waals surface area contributed by atoms with Crippen molar-refractivity contribution in [2.24, 2.45) is 0 Å².